The summed E-state index contributed by atoms with van der Waals surface area (Å²) >= 11 is 3.55. The van der Waals surface area contributed by atoms with Crippen LogP contribution in [0.3, 0.4) is 0 Å². The lowest BCUT2D eigenvalue weighted by atomic mass is 9.89. The maximum atomic E-state index is 10.5. The fourth-order valence-corrected chi connectivity index (χ4v) is 3.08. The van der Waals surface area contributed by atoms with E-state index in [0.717, 1.165) is 11.9 Å². The minimum absolute atomic E-state index is 0.0669. The van der Waals surface area contributed by atoms with E-state index in [0.29, 0.717) is 0 Å². The molecule has 0 saturated heterocycles. The van der Waals surface area contributed by atoms with E-state index in [-0.39, 0.29) is 11.2 Å². The molecular formula is C10H14BrN3O2. The molecule has 1 aromatic heterocycles. The van der Waals surface area contributed by atoms with Gasteiger partial charge in [-0.25, -0.2) is 0 Å². The third-order valence-corrected chi connectivity index (χ3v) is 4.45. The normalized spacial score (nSPS) is 18.8. The number of nitro groups is 1. The van der Waals surface area contributed by atoms with Gasteiger partial charge in [-0.1, -0.05) is 28.8 Å². The van der Waals surface area contributed by atoms with Crippen molar-refractivity contribution in [1.82, 2.24) is 9.78 Å². The van der Waals surface area contributed by atoms with Gasteiger partial charge in [-0.15, -0.1) is 0 Å². The van der Waals surface area contributed by atoms with Gasteiger partial charge in [-0.2, -0.15) is 4.68 Å². The maximum absolute atomic E-state index is 10.5. The Morgan fingerprint density at radius 2 is 2.25 bits per heavy atom. The summed E-state index contributed by atoms with van der Waals surface area (Å²) in [5.74, 6) is -0.0669. The van der Waals surface area contributed by atoms with E-state index < -0.39 is 4.92 Å². The molecule has 2 rings (SSSR count). The van der Waals surface area contributed by atoms with Gasteiger partial charge in [0.15, 0.2) is 0 Å². The van der Waals surface area contributed by atoms with E-state index in [1.165, 1.54) is 31.7 Å². The fourth-order valence-electron chi connectivity index (χ4n) is 2.34. The monoisotopic (exact) mass is 287 g/mol. The highest BCUT2D eigenvalue weighted by molar-refractivity contribution is 9.09. The van der Waals surface area contributed by atoms with Crippen LogP contribution in [0.15, 0.2) is 12.3 Å². The highest BCUT2D eigenvalue weighted by Crippen LogP contribution is 2.40. The average Bonchev–Trinajstić information content (AvgIpc) is 2.88. The van der Waals surface area contributed by atoms with Gasteiger partial charge in [0, 0.05) is 10.7 Å². The molecule has 6 heteroatoms. The summed E-state index contributed by atoms with van der Waals surface area (Å²) < 4.78 is 1.70. The van der Waals surface area contributed by atoms with Gasteiger partial charge in [0.1, 0.15) is 0 Å². The Labute approximate surface area is 102 Å². The summed E-state index contributed by atoms with van der Waals surface area (Å²) in [5.41, 5.74) is 0.236. The number of hydrogen-bond acceptors (Lipinski definition) is 3. The molecule has 1 fully saturated rings. The lowest BCUT2D eigenvalue weighted by Gasteiger charge is -2.24. The molecule has 0 spiro atoms. The van der Waals surface area contributed by atoms with Crippen LogP contribution in [0.5, 0.6) is 0 Å². The minimum atomic E-state index is -0.452. The first-order chi connectivity index (χ1) is 7.65. The Kier molecular flexibility index (Phi) is 3.28. The van der Waals surface area contributed by atoms with E-state index in [4.69, 9.17) is 0 Å². The van der Waals surface area contributed by atoms with E-state index in [1.54, 1.807) is 10.9 Å². The number of nitrogens with zero attached hydrogens (tertiary/aromatic N) is 3. The van der Waals surface area contributed by atoms with Gasteiger partial charge >= 0.3 is 5.82 Å². The van der Waals surface area contributed by atoms with Gasteiger partial charge in [0.25, 0.3) is 0 Å². The number of rotatable bonds is 4. The van der Waals surface area contributed by atoms with Crippen molar-refractivity contribution in [1.29, 1.82) is 0 Å². The quantitative estimate of drug-likeness (QED) is 0.486. The molecule has 0 aromatic carbocycles. The second kappa shape index (κ2) is 4.53. The molecule has 0 atom stereocenters. The Morgan fingerprint density at radius 3 is 2.75 bits per heavy atom. The van der Waals surface area contributed by atoms with Crippen molar-refractivity contribution in [3.63, 3.8) is 0 Å². The topological polar surface area (TPSA) is 61.0 Å². The molecule has 0 radical (unpaired) electrons. The lowest BCUT2D eigenvalue weighted by Crippen LogP contribution is -2.25. The summed E-state index contributed by atoms with van der Waals surface area (Å²) in [7, 11) is 0. The molecule has 88 valence electrons. The summed E-state index contributed by atoms with van der Waals surface area (Å²) in [6, 6.07) is 1.46. The van der Waals surface area contributed by atoms with Crippen LogP contribution < -0.4 is 0 Å². The van der Waals surface area contributed by atoms with Crippen molar-refractivity contribution >= 4 is 21.7 Å². The van der Waals surface area contributed by atoms with E-state index in [9.17, 15) is 10.1 Å². The van der Waals surface area contributed by atoms with Crippen molar-refractivity contribution in [2.75, 3.05) is 5.33 Å². The Bertz CT molecular complexity index is 385. The van der Waals surface area contributed by atoms with Gasteiger partial charge in [0.05, 0.1) is 23.9 Å². The van der Waals surface area contributed by atoms with E-state index in [2.05, 4.69) is 21.0 Å². The van der Waals surface area contributed by atoms with Crippen molar-refractivity contribution in [3.05, 3.63) is 22.4 Å². The number of alkyl halides is 1. The van der Waals surface area contributed by atoms with Gasteiger partial charge < -0.3 is 10.1 Å². The molecule has 0 aliphatic heterocycles. The molecule has 1 aliphatic carbocycles. The van der Waals surface area contributed by atoms with Gasteiger partial charge in [-0.3, -0.25) is 0 Å². The van der Waals surface area contributed by atoms with Crippen molar-refractivity contribution in [2.45, 2.75) is 32.2 Å². The molecule has 1 aliphatic rings. The van der Waals surface area contributed by atoms with E-state index in [1.807, 2.05) is 0 Å². The minimum Gasteiger partial charge on any atom is -0.358 e. The molecule has 0 bridgehead atoms. The third-order valence-electron chi connectivity index (χ3n) is 3.26. The zero-order chi connectivity index (χ0) is 11.6. The SMILES string of the molecule is O=[N+]([O-])c1ccn(CC2(CBr)CCCC2)n1. The van der Waals surface area contributed by atoms with Crippen molar-refractivity contribution in [2.24, 2.45) is 5.41 Å². The Balaban J connectivity index is 2.10. The Hall–Kier alpha value is -0.910. The van der Waals surface area contributed by atoms with Crippen LogP contribution in [0.25, 0.3) is 0 Å². The third kappa shape index (κ3) is 2.26. The van der Waals surface area contributed by atoms with Crippen LogP contribution in [0.2, 0.25) is 0 Å². The molecule has 1 aromatic rings. The fraction of sp³-hybridized carbons (Fsp3) is 0.700. The predicted octanol–water partition coefficient (Wildman–Crippen LogP) is 2.75. The smallest absolute Gasteiger partial charge is 0.358 e. The molecular weight excluding hydrogens is 274 g/mol. The van der Waals surface area contributed by atoms with Crippen LogP contribution in [0.1, 0.15) is 25.7 Å². The summed E-state index contributed by atoms with van der Waals surface area (Å²) in [4.78, 5) is 10.1. The molecule has 0 amide bonds. The molecule has 1 heterocycles. The maximum Gasteiger partial charge on any atom is 0.389 e. The zero-order valence-corrected chi connectivity index (χ0v) is 10.5. The predicted molar refractivity (Wildman–Crippen MR) is 63.6 cm³/mol. The number of halogens is 1. The van der Waals surface area contributed by atoms with E-state index >= 15 is 0 Å². The summed E-state index contributed by atoms with van der Waals surface area (Å²) in [5, 5.41) is 15.4. The molecule has 0 unspecified atom stereocenters. The summed E-state index contributed by atoms with van der Waals surface area (Å²) in [6.45, 7) is 0.770. The lowest BCUT2D eigenvalue weighted by molar-refractivity contribution is -0.389. The van der Waals surface area contributed by atoms with Crippen LogP contribution in [-0.4, -0.2) is 20.0 Å². The Morgan fingerprint density at radius 1 is 1.56 bits per heavy atom. The molecule has 0 N–H and O–H groups in total. The molecule has 1 saturated carbocycles. The van der Waals surface area contributed by atoms with Gasteiger partial charge in [-0.05, 0) is 17.8 Å². The largest absolute Gasteiger partial charge is 0.389 e. The van der Waals surface area contributed by atoms with Crippen LogP contribution in [0.4, 0.5) is 5.82 Å². The average molecular weight is 288 g/mol. The standard InChI is InChI=1S/C10H14BrN3O2/c11-7-10(4-1-2-5-10)8-13-6-3-9(12-13)14(15)16/h3,6H,1-2,4-5,7-8H2. The molecule has 5 nitrogen and oxygen atoms in total. The molecule has 16 heavy (non-hydrogen) atoms. The van der Waals surface area contributed by atoms with Crippen LogP contribution in [-0.2, 0) is 6.54 Å². The van der Waals surface area contributed by atoms with Crippen molar-refractivity contribution in [3.8, 4) is 0 Å². The van der Waals surface area contributed by atoms with Crippen LogP contribution in [0, 0.1) is 15.5 Å². The first-order valence-electron chi connectivity index (χ1n) is 5.39. The van der Waals surface area contributed by atoms with Crippen LogP contribution >= 0.6 is 15.9 Å². The highest BCUT2D eigenvalue weighted by atomic mass is 79.9. The number of aromatic nitrogens is 2. The zero-order valence-electron chi connectivity index (χ0n) is 8.93. The highest BCUT2D eigenvalue weighted by Gasteiger charge is 2.34. The second-order valence-electron chi connectivity index (χ2n) is 4.47. The van der Waals surface area contributed by atoms with Gasteiger partial charge in [0.2, 0.25) is 0 Å². The second-order valence-corrected chi connectivity index (χ2v) is 5.03. The van der Waals surface area contributed by atoms with Crippen molar-refractivity contribution < 1.29 is 4.92 Å². The first-order valence-corrected chi connectivity index (χ1v) is 6.51. The summed E-state index contributed by atoms with van der Waals surface area (Å²) in [6.07, 6.45) is 6.53. The first kappa shape index (κ1) is 11.6. The number of hydrogen-bond donors (Lipinski definition) is 0.